The maximum atomic E-state index is 5.56. The van der Waals surface area contributed by atoms with Crippen LogP contribution in [0.3, 0.4) is 0 Å². The molecular weight excluding hydrogens is 264 g/mol. The summed E-state index contributed by atoms with van der Waals surface area (Å²) in [5.41, 5.74) is 1.88. The minimum Gasteiger partial charge on any atom is -0.337 e. The van der Waals surface area contributed by atoms with E-state index in [1.165, 1.54) is 12.8 Å². The van der Waals surface area contributed by atoms with Crippen LogP contribution < -0.4 is 0 Å². The van der Waals surface area contributed by atoms with Crippen molar-refractivity contribution in [2.45, 2.75) is 45.6 Å². The number of aryl methyl sites for hydroxylation is 1. The van der Waals surface area contributed by atoms with Crippen LogP contribution in [0, 0.1) is 6.92 Å². The van der Waals surface area contributed by atoms with E-state index in [4.69, 9.17) is 4.52 Å². The highest BCUT2D eigenvalue weighted by molar-refractivity contribution is 5.56. The lowest BCUT2D eigenvalue weighted by Gasteiger charge is -2.32. The van der Waals surface area contributed by atoms with Gasteiger partial charge in [-0.15, -0.1) is 0 Å². The van der Waals surface area contributed by atoms with Crippen molar-refractivity contribution in [3.8, 4) is 11.4 Å². The first-order valence-corrected chi connectivity index (χ1v) is 7.79. The van der Waals surface area contributed by atoms with Gasteiger partial charge < -0.3 is 4.52 Å². The van der Waals surface area contributed by atoms with Gasteiger partial charge in [-0.3, -0.25) is 9.88 Å². The number of nitrogens with zero attached hydrogens (tertiary/aromatic N) is 4. The van der Waals surface area contributed by atoms with Gasteiger partial charge in [0.2, 0.25) is 11.7 Å². The summed E-state index contributed by atoms with van der Waals surface area (Å²) in [6.45, 7) is 6.40. The number of pyridine rings is 1. The Balaban J connectivity index is 1.85. The molecule has 3 rings (SSSR count). The van der Waals surface area contributed by atoms with Gasteiger partial charge in [-0.2, -0.15) is 4.98 Å². The van der Waals surface area contributed by atoms with E-state index < -0.39 is 0 Å². The summed E-state index contributed by atoms with van der Waals surface area (Å²) < 4.78 is 5.56. The summed E-state index contributed by atoms with van der Waals surface area (Å²) in [4.78, 5) is 11.4. The molecule has 0 amide bonds. The molecule has 1 fully saturated rings. The van der Waals surface area contributed by atoms with Crippen LogP contribution in [0.15, 0.2) is 22.9 Å². The molecule has 2 aromatic rings. The standard InChI is InChI=1S/C16H22N4O/c1-3-10-20-11-5-4-8-14(20)16-18-15(19-21-16)13-7-6-9-17-12(13)2/h6-7,9,14H,3-5,8,10-11H2,1-2H3. The van der Waals surface area contributed by atoms with E-state index in [9.17, 15) is 0 Å². The minimum absolute atomic E-state index is 0.275. The maximum absolute atomic E-state index is 5.56. The predicted octanol–water partition coefficient (Wildman–Crippen LogP) is 3.38. The second kappa shape index (κ2) is 6.35. The molecule has 5 heteroatoms. The number of aromatic nitrogens is 3. The quantitative estimate of drug-likeness (QED) is 0.862. The number of piperidine rings is 1. The van der Waals surface area contributed by atoms with E-state index in [1.54, 1.807) is 6.20 Å². The molecule has 0 N–H and O–H groups in total. The van der Waals surface area contributed by atoms with Crippen LogP contribution in [0.25, 0.3) is 11.4 Å². The number of likely N-dealkylation sites (tertiary alicyclic amines) is 1. The van der Waals surface area contributed by atoms with Gasteiger partial charge in [-0.05, 0) is 51.4 Å². The Morgan fingerprint density at radius 2 is 2.29 bits per heavy atom. The molecule has 0 aromatic carbocycles. The fourth-order valence-corrected chi connectivity index (χ4v) is 3.03. The van der Waals surface area contributed by atoms with Crippen LogP contribution in [-0.2, 0) is 0 Å². The Bertz CT molecular complexity index is 593. The van der Waals surface area contributed by atoms with Crippen molar-refractivity contribution in [1.82, 2.24) is 20.0 Å². The van der Waals surface area contributed by atoms with E-state index in [1.807, 2.05) is 19.1 Å². The molecule has 0 radical (unpaired) electrons. The van der Waals surface area contributed by atoms with E-state index in [-0.39, 0.29) is 6.04 Å². The lowest BCUT2D eigenvalue weighted by Crippen LogP contribution is -2.34. The summed E-state index contributed by atoms with van der Waals surface area (Å²) in [7, 11) is 0. The second-order valence-corrected chi connectivity index (χ2v) is 5.64. The minimum atomic E-state index is 0.275. The molecule has 0 spiro atoms. The lowest BCUT2D eigenvalue weighted by atomic mass is 10.0. The third-order valence-corrected chi connectivity index (χ3v) is 4.10. The van der Waals surface area contributed by atoms with Gasteiger partial charge in [0.15, 0.2) is 0 Å². The lowest BCUT2D eigenvalue weighted by molar-refractivity contribution is 0.119. The van der Waals surface area contributed by atoms with Crippen LogP contribution in [0.4, 0.5) is 0 Å². The molecule has 1 atom stereocenters. The molecule has 5 nitrogen and oxygen atoms in total. The van der Waals surface area contributed by atoms with Crippen molar-refractivity contribution in [1.29, 1.82) is 0 Å². The average molecular weight is 286 g/mol. The summed E-state index contributed by atoms with van der Waals surface area (Å²) in [6, 6.07) is 4.17. The third-order valence-electron chi connectivity index (χ3n) is 4.10. The van der Waals surface area contributed by atoms with E-state index in [2.05, 4.69) is 26.9 Å². The van der Waals surface area contributed by atoms with Crippen molar-refractivity contribution in [3.63, 3.8) is 0 Å². The number of hydrogen-bond acceptors (Lipinski definition) is 5. The molecule has 2 aromatic heterocycles. The molecule has 0 aliphatic carbocycles. The Hall–Kier alpha value is -1.75. The molecule has 21 heavy (non-hydrogen) atoms. The fraction of sp³-hybridized carbons (Fsp3) is 0.562. The van der Waals surface area contributed by atoms with Crippen molar-refractivity contribution >= 4 is 0 Å². The Morgan fingerprint density at radius 1 is 1.38 bits per heavy atom. The average Bonchev–Trinajstić information content (AvgIpc) is 2.98. The zero-order valence-corrected chi connectivity index (χ0v) is 12.7. The van der Waals surface area contributed by atoms with Gasteiger partial charge in [0.05, 0.1) is 6.04 Å². The summed E-state index contributed by atoms with van der Waals surface area (Å²) in [5.74, 6) is 1.40. The Kier molecular flexibility index (Phi) is 4.29. The monoisotopic (exact) mass is 286 g/mol. The highest BCUT2D eigenvalue weighted by Gasteiger charge is 2.28. The molecule has 1 unspecified atom stereocenters. The van der Waals surface area contributed by atoms with Crippen molar-refractivity contribution in [3.05, 3.63) is 29.9 Å². The molecule has 1 aliphatic heterocycles. The normalized spacial score (nSPS) is 19.8. The maximum Gasteiger partial charge on any atom is 0.244 e. The van der Waals surface area contributed by atoms with Gasteiger partial charge in [0.25, 0.3) is 0 Å². The highest BCUT2D eigenvalue weighted by atomic mass is 16.5. The molecule has 1 saturated heterocycles. The number of rotatable bonds is 4. The van der Waals surface area contributed by atoms with Gasteiger partial charge in [-0.1, -0.05) is 18.5 Å². The molecule has 0 saturated carbocycles. The van der Waals surface area contributed by atoms with Gasteiger partial charge in [0, 0.05) is 17.5 Å². The van der Waals surface area contributed by atoms with Gasteiger partial charge in [0.1, 0.15) is 0 Å². The molecule has 112 valence electrons. The van der Waals surface area contributed by atoms with Gasteiger partial charge >= 0.3 is 0 Å². The van der Waals surface area contributed by atoms with E-state index in [0.29, 0.717) is 5.82 Å². The third kappa shape index (κ3) is 2.97. The van der Waals surface area contributed by atoms with Crippen LogP contribution in [0.5, 0.6) is 0 Å². The molecule has 3 heterocycles. The largest absolute Gasteiger partial charge is 0.337 e. The number of hydrogen-bond donors (Lipinski definition) is 0. The SMILES string of the molecule is CCCN1CCCCC1c1nc(-c2cccnc2C)no1. The molecule has 1 aliphatic rings. The highest BCUT2D eigenvalue weighted by Crippen LogP contribution is 2.31. The smallest absolute Gasteiger partial charge is 0.244 e. The first-order valence-electron chi connectivity index (χ1n) is 7.79. The summed E-state index contributed by atoms with van der Waals surface area (Å²) >= 11 is 0. The first-order chi connectivity index (χ1) is 10.3. The van der Waals surface area contributed by atoms with E-state index >= 15 is 0 Å². The Labute approximate surface area is 125 Å². The van der Waals surface area contributed by atoms with Crippen molar-refractivity contribution in [2.24, 2.45) is 0 Å². The zero-order chi connectivity index (χ0) is 14.7. The predicted molar refractivity (Wildman–Crippen MR) is 80.7 cm³/mol. The first kappa shape index (κ1) is 14.2. The van der Waals surface area contributed by atoms with Crippen LogP contribution in [0.2, 0.25) is 0 Å². The molecular formula is C16H22N4O. The topological polar surface area (TPSA) is 55.1 Å². The van der Waals surface area contributed by atoms with E-state index in [0.717, 1.165) is 43.1 Å². The van der Waals surface area contributed by atoms with Crippen LogP contribution in [0.1, 0.15) is 50.2 Å². The van der Waals surface area contributed by atoms with Crippen LogP contribution >= 0.6 is 0 Å². The summed E-state index contributed by atoms with van der Waals surface area (Å²) in [5, 5.41) is 4.16. The molecule has 0 bridgehead atoms. The fourth-order valence-electron chi connectivity index (χ4n) is 3.03. The van der Waals surface area contributed by atoms with Gasteiger partial charge in [-0.25, -0.2) is 0 Å². The Morgan fingerprint density at radius 3 is 3.10 bits per heavy atom. The van der Waals surface area contributed by atoms with Crippen molar-refractivity contribution in [2.75, 3.05) is 13.1 Å². The summed E-state index contributed by atoms with van der Waals surface area (Å²) in [6.07, 6.45) is 6.53. The van der Waals surface area contributed by atoms with Crippen molar-refractivity contribution < 1.29 is 4.52 Å². The zero-order valence-electron chi connectivity index (χ0n) is 12.7. The second-order valence-electron chi connectivity index (χ2n) is 5.64. The van der Waals surface area contributed by atoms with Crippen LogP contribution in [-0.4, -0.2) is 33.1 Å².